The summed E-state index contributed by atoms with van der Waals surface area (Å²) in [6.07, 6.45) is 0. The molecule has 1 unspecified atom stereocenters. The first kappa shape index (κ1) is 10.2. The first-order valence-electron chi connectivity index (χ1n) is 4.25. The Hall–Kier alpha value is 0.177. The van der Waals surface area contributed by atoms with Gasteiger partial charge in [-0.2, -0.15) is 0 Å². The monoisotopic (exact) mass is 159 g/mol. The lowest BCUT2D eigenvalue weighted by Gasteiger charge is -2.28. The molecule has 0 bridgehead atoms. The van der Waals surface area contributed by atoms with Gasteiger partial charge < -0.3 is 4.98 Å². The highest BCUT2D eigenvalue weighted by Crippen LogP contribution is 2.26. The van der Waals surface area contributed by atoms with E-state index in [1.165, 1.54) is 6.04 Å². The maximum Gasteiger partial charge on any atom is 0.114 e. The van der Waals surface area contributed by atoms with Gasteiger partial charge in [0.2, 0.25) is 0 Å². The average molecular weight is 159 g/mol. The summed E-state index contributed by atoms with van der Waals surface area (Å²) in [7, 11) is -0.651. The molecule has 0 amide bonds. The molecular weight excluding hydrogens is 138 g/mol. The summed E-state index contributed by atoms with van der Waals surface area (Å²) in [6, 6.07) is 1.36. The summed E-state index contributed by atoms with van der Waals surface area (Å²) in [5.41, 5.74) is 0. The van der Waals surface area contributed by atoms with Crippen molar-refractivity contribution in [2.24, 2.45) is 0 Å². The van der Waals surface area contributed by atoms with Gasteiger partial charge in [-0.25, -0.2) is 0 Å². The maximum atomic E-state index is 3.61. The summed E-state index contributed by atoms with van der Waals surface area (Å²) in [4.78, 5) is 3.61. The van der Waals surface area contributed by atoms with E-state index in [9.17, 15) is 0 Å². The Balaban J connectivity index is 3.81. The zero-order valence-electron chi connectivity index (χ0n) is 7.99. The van der Waals surface area contributed by atoms with E-state index in [4.69, 9.17) is 0 Å². The zero-order valence-corrected chi connectivity index (χ0v) is 9.15. The first-order chi connectivity index (χ1) is 4.52. The summed E-state index contributed by atoms with van der Waals surface area (Å²) < 4.78 is 0. The fraction of sp³-hybridized carbons (Fsp3) is 1.00. The van der Waals surface area contributed by atoms with Crippen molar-refractivity contribution in [3.05, 3.63) is 0 Å². The molecule has 0 saturated heterocycles. The minimum absolute atomic E-state index is 0.546. The minimum atomic E-state index is -0.651. The molecule has 0 radical (unpaired) electrons. The predicted molar refractivity (Wildman–Crippen MR) is 51.0 cm³/mol. The van der Waals surface area contributed by atoms with Crippen LogP contribution in [0.1, 0.15) is 34.6 Å². The second-order valence-corrected chi connectivity index (χ2v) is 7.95. The molecule has 1 atom stereocenters. The van der Waals surface area contributed by atoms with Gasteiger partial charge in [0.25, 0.3) is 0 Å². The van der Waals surface area contributed by atoms with Gasteiger partial charge in [-0.1, -0.05) is 34.6 Å². The summed E-state index contributed by atoms with van der Waals surface area (Å²) in [6.45, 7) is 12.7. The number of rotatable bonds is 3. The fourth-order valence-electron chi connectivity index (χ4n) is 1.31. The number of nitrogens with one attached hydrogen (secondary N) is 1. The lowest BCUT2D eigenvalue weighted by Crippen LogP contribution is -2.40. The molecule has 2 heteroatoms. The second kappa shape index (κ2) is 4.14. The van der Waals surface area contributed by atoms with E-state index >= 15 is 0 Å². The highest BCUT2D eigenvalue weighted by atomic mass is 28.3. The third-order valence-electron chi connectivity index (χ3n) is 1.90. The van der Waals surface area contributed by atoms with Crippen LogP contribution in [0.15, 0.2) is 0 Å². The lowest BCUT2D eigenvalue weighted by atomic mass is 10.2. The second-order valence-electron chi connectivity index (χ2n) is 3.88. The van der Waals surface area contributed by atoms with Crippen LogP contribution in [-0.2, 0) is 0 Å². The topological polar surface area (TPSA) is 12.0 Å². The first-order valence-corrected chi connectivity index (χ1v) is 6.22. The average Bonchev–Trinajstić information content (AvgIpc) is 1.80. The SMILES string of the molecule is CCN[SiH](CC)C(C)(C)C. The molecule has 10 heavy (non-hydrogen) atoms. The fourth-order valence-corrected chi connectivity index (χ4v) is 3.93. The summed E-state index contributed by atoms with van der Waals surface area (Å²) in [5, 5.41) is 0.546. The molecule has 1 N–H and O–H groups in total. The Morgan fingerprint density at radius 3 is 1.80 bits per heavy atom. The van der Waals surface area contributed by atoms with Crippen LogP contribution in [0.25, 0.3) is 0 Å². The maximum absolute atomic E-state index is 3.61. The molecule has 0 aromatic heterocycles. The molecule has 0 aliphatic rings. The standard InChI is InChI=1S/C8H21NSi/c1-6-9-10(7-2)8(3,4)5/h9-10H,6-7H2,1-5H3. The molecule has 0 aromatic carbocycles. The van der Waals surface area contributed by atoms with Crippen LogP contribution in [-0.4, -0.2) is 15.5 Å². The largest absolute Gasteiger partial charge is 0.339 e. The van der Waals surface area contributed by atoms with Gasteiger partial charge in [-0.05, 0) is 17.6 Å². The van der Waals surface area contributed by atoms with Crippen molar-refractivity contribution in [1.29, 1.82) is 0 Å². The van der Waals surface area contributed by atoms with E-state index in [0.29, 0.717) is 5.04 Å². The zero-order chi connectivity index (χ0) is 8.20. The van der Waals surface area contributed by atoms with E-state index in [1.807, 2.05) is 0 Å². The van der Waals surface area contributed by atoms with Gasteiger partial charge in [0.05, 0.1) is 0 Å². The van der Waals surface area contributed by atoms with Crippen LogP contribution in [0, 0.1) is 0 Å². The Morgan fingerprint density at radius 2 is 1.70 bits per heavy atom. The third-order valence-corrected chi connectivity index (χ3v) is 5.71. The number of hydrogen-bond donors (Lipinski definition) is 1. The molecule has 0 heterocycles. The molecule has 1 nitrogen and oxygen atoms in total. The molecule has 62 valence electrons. The van der Waals surface area contributed by atoms with Crippen molar-refractivity contribution >= 4 is 8.96 Å². The summed E-state index contributed by atoms with van der Waals surface area (Å²) in [5.74, 6) is 0. The highest BCUT2D eigenvalue weighted by molar-refractivity contribution is 6.59. The van der Waals surface area contributed by atoms with Crippen molar-refractivity contribution in [2.45, 2.75) is 45.7 Å². The molecule has 0 aliphatic carbocycles. The van der Waals surface area contributed by atoms with E-state index in [-0.39, 0.29) is 0 Å². The predicted octanol–water partition coefficient (Wildman–Crippen LogP) is 2.14. The Morgan fingerprint density at radius 1 is 1.20 bits per heavy atom. The van der Waals surface area contributed by atoms with Crippen LogP contribution < -0.4 is 4.98 Å². The van der Waals surface area contributed by atoms with Gasteiger partial charge >= 0.3 is 0 Å². The van der Waals surface area contributed by atoms with Crippen LogP contribution in [0.4, 0.5) is 0 Å². The molecule has 0 aromatic rings. The van der Waals surface area contributed by atoms with Gasteiger partial charge in [0.15, 0.2) is 0 Å². The minimum Gasteiger partial charge on any atom is -0.339 e. The van der Waals surface area contributed by atoms with Gasteiger partial charge in [-0.15, -0.1) is 0 Å². The van der Waals surface area contributed by atoms with Gasteiger partial charge in [-0.3, -0.25) is 0 Å². The van der Waals surface area contributed by atoms with E-state index in [0.717, 1.165) is 6.54 Å². The van der Waals surface area contributed by atoms with Crippen molar-refractivity contribution in [3.8, 4) is 0 Å². The lowest BCUT2D eigenvalue weighted by molar-refractivity contribution is 0.705. The summed E-state index contributed by atoms with van der Waals surface area (Å²) >= 11 is 0. The molecule has 0 fully saturated rings. The normalized spacial score (nSPS) is 15.3. The number of hydrogen-bond acceptors (Lipinski definition) is 1. The molecule has 0 rings (SSSR count). The smallest absolute Gasteiger partial charge is 0.114 e. The quantitative estimate of drug-likeness (QED) is 0.622. The van der Waals surface area contributed by atoms with Crippen molar-refractivity contribution in [2.75, 3.05) is 6.54 Å². The van der Waals surface area contributed by atoms with Gasteiger partial charge in [0.1, 0.15) is 8.96 Å². The van der Waals surface area contributed by atoms with Crippen molar-refractivity contribution in [1.82, 2.24) is 4.98 Å². The third kappa shape index (κ3) is 3.37. The molecule has 0 aliphatic heterocycles. The van der Waals surface area contributed by atoms with Crippen LogP contribution in [0.2, 0.25) is 11.1 Å². The van der Waals surface area contributed by atoms with Crippen LogP contribution in [0.3, 0.4) is 0 Å². The van der Waals surface area contributed by atoms with E-state index in [1.54, 1.807) is 0 Å². The Labute approximate surface area is 66.9 Å². The van der Waals surface area contributed by atoms with Crippen molar-refractivity contribution < 1.29 is 0 Å². The Kier molecular flexibility index (Phi) is 4.21. The van der Waals surface area contributed by atoms with E-state index < -0.39 is 8.96 Å². The van der Waals surface area contributed by atoms with Crippen LogP contribution >= 0.6 is 0 Å². The molecule has 0 saturated carbocycles. The highest BCUT2D eigenvalue weighted by Gasteiger charge is 2.23. The van der Waals surface area contributed by atoms with Crippen molar-refractivity contribution in [3.63, 3.8) is 0 Å². The van der Waals surface area contributed by atoms with Gasteiger partial charge in [0, 0.05) is 0 Å². The van der Waals surface area contributed by atoms with E-state index in [2.05, 4.69) is 39.6 Å². The van der Waals surface area contributed by atoms with Crippen LogP contribution in [0.5, 0.6) is 0 Å². The molecular formula is C8H21NSi. The molecule has 0 spiro atoms. The Bertz CT molecular complexity index is 85.7.